The number of thiocarbonyl (C=S) groups is 1. The minimum Gasteiger partial charge on any atom is -0.375 e. The third-order valence-electron chi connectivity index (χ3n) is 1.62. The Kier molecular flexibility index (Phi) is 2.85. The van der Waals surface area contributed by atoms with Crippen molar-refractivity contribution in [2.75, 3.05) is 0 Å². The van der Waals surface area contributed by atoms with Gasteiger partial charge in [-0.2, -0.15) is 5.10 Å². The van der Waals surface area contributed by atoms with Gasteiger partial charge in [0.25, 0.3) is 0 Å². The molecule has 5 nitrogen and oxygen atoms in total. The number of nitrogens with two attached hydrogens (primary N) is 1. The lowest BCUT2D eigenvalue weighted by molar-refractivity contribution is 1.04. The van der Waals surface area contributed by atoms with Crippen molar-refractivity contribution in [1.29, 1.82) is 0 Å². The summed E-state index contributed by atoms with van der Waals surface area (Å²) >= 11 is 12.0. The molecule has 78 valence electrons. The molecule has 0 fully saturated rings. The Morgan fingerprint density at radius 3 is 3.33 bits per heavy atom. The van der Waals surface area contributed by atoms with E-state index in [-0.39, 0.29) is 5.11 Å². The second kappa shape index (κ2) is 4.13. The van der Waals surface area contributed by atoms with Crippen molar-refractivity contribution < 1.29 is 0 Å². The fourth-order valence-corrected chi connectivity index (χ4v) is 2.09. The third-order valence-corrected chi connectivity index (χ3v) is 2.74. The Hall–Kier alpha value is -1.18. The van der Waals surface area contributed by atoms with Crippen LogP contribution in [0.2, 0.25) is 5.15 Å². The SMILES string of the molecule is NC(=S)N/N=C\c1c(Cl)nc2sccn12. The first-order valence-electron chi connectivity index (χ1n) is 3.88. The van der Waals surface area contributed by atoms with Gasteiger partial charge in [0.05, 0.1) is 6.21 Å². The zero-order chi connectivity index (χ0) is 10.8. The molecule has 3 N–H and O–H groups in total. The van der Waals surface area contributed by atoms with Crippen LogP contribution in [-0.4, -0.2) is 20.7 Å². The fraction of sp³-hybridized carbons (Fsp3) is 0. The molecule has 0 saturated carbocycles. The van der Waals surface area contributed by atoms with Gasteiger partial charge in [-0.15, -0.1) is 11.3 Å². The number of imidazole rings is 1. The van der Waals surface area contributed by atoms with Crippen molar-refractivity contribution in [2.24, 2.45) is 10.8 Å². The molecule has 0 saturated heterocycles. The van der Waals surface area contributed by atoms with Gasteiger partial charge in [0, 0.05) is 11.6 Å². The Labute approximate surface area is 99.6 Å². The molecule has 15 heavy (non-hydrogen) atoms. The molecule has 0 radical (unpaired) electrons. The number of aromatic nitrogens is 2. The van der Waals surface area contributed by atoms with Crippen LogP contribution in [0, 0.1) is 0 Å². The maximum atomic E-state index is 5.92. The summed E-state index contributed by atoms with van der Waals surface area (Å²) in [6.07, 6.45) is 3.38. The molecule has 0 bridgehead atoms. The summed E-state index contributed by atoms with van der Waals surface area (Å²) in [6, 6.07) is 0. The predicted octanol–water partition coefficient (Wildman–Crippen LogP) is 1.22. The summed E-state index contributed by atoms with van der Waals surface area (Å²) in [7, 11) is 0. The van der Waals surface area contributed by atoms with Gasteiger partial charge in [0.15, 0.2) is 15.2 Å². The van der Waals surface area contributed by atoms with E-state index in [1.54, 1.807) is 0 Å². The number of nitrogens with zero attached hydrogens (tertiary/aromatic N) is 3. The van der Waals surface area contributed by atoms with Gasteiger partial charge in [0.2, 0.25) is 0 Å². The van der Waals surface area contributed by atoms with Gasteiger partial charge in [-0.25, -0.2) is 4.98 Å². The molecule has 0 aromatic carbocycles. The molecule has 0 unspecified atom stereocenters. The highest BCUT2D eigenvalue weighted by Crippen LogP contribution is 2.19. The van der Waals surface area contributed by atoms with Crippen LogP contribution in [-0.2, 0) is 0 Å². The summed E-state index contributed by atoms with van der Waals surface area (Å²) in [5.74, 6) is 0. The summed E-state index contributed by atoms with van der Waals surface area (Å²) in [4.78, 5) is 4.95. The highest BCUT2D eigenvalue weighted by Gasteiger charge is 2.08. The number of thiazole rings is 1. The number of nitrogens with one attached hydrogen (secondary N) is 1. The minimum absolute atomic E-state index is 0.105. The van der Waals surface area contributed by atoms with Crippen LogP contribution in [0.4, 0.5) is 0 Å². The molecule has 2 rings (SSSR count). The Morgan fingerprint density at radius 1 is 1.80 bits per heavy atom. The lowest BCUT2D eigenvalue weighted by Crippen LogP contribution is -2.24. The number of halogens is 1. The lowest BCUT2D eigenvalue weighted by atomic mass is 10.5. The van der Waals surface area contributed by atoms with Gasteiger partial charge in [0.1, 0.15) is 5.69 Å². The van der Waals surface area contributed by atoms with Crippen LogP contribution < -0.4 is 11.2 Å². The average Bonchev–Trinajstić information content (AvgIpc) is 2.68. The normalized spacial score (nSPS) is 11.3. The second-order valence-electron chi connectivity index (χ2n) is 2.58. The molecule has 2 aromatic heterocycles. The summed E-state index contributed by atoms with van der Waals surface area (Å²) in [5, 5.41) is 6.24. The standard InChI is InChI=1S/C7H6ClN5S2/c8-5-4(3-10-12-6(9)14)13-1-2-15-7(13)11-5/h1-3H,(H3,9,12,14)/b10-3-. The monoisotopic (exact) mass is 259 g/mol. The van der Waals surface area contributed by atoms with Gasteiger partial charge in [-0.1, -0.05) is 11.6 Å². The largest absolute Gasteiger partial charge is 0.375 e. The van der Waals surface area contributed by atoms with Crippen LogP contribution >= 0.6 is 35.2 Å². The van der Waals surface area contributed by atoms with Crippen LogP contribution in [0.25, 0.3) is 4.96 Å². The molecule has 0 amide bonds. The summed E-state index contributed by atoms with van der Waals surface area (Å²) in [6.45, 7) is 0. The van der Waals surface area contributed by atoms with Crippen LogP contribution in [0.3, 0.4) is 0 Å². The van der Waals surface area contributed by atoms with Crippen molar-refractivity contribution in [3.8, 4) is 0 Å². The van der Waals surface area contributed by atoms with Crippen molar-refractivity contribution in [1.82, 2.24) is 14.8 Å². The lowest BCUT2D eigenvalue weighted by Gasteiger charge is -1.93. The van der Waals surface area contributed by atoms with E-state index >= 15 is 0 Å². The first-order valence-corrected chi connectivity index (χ1v) is 5.54. The fourth-order valence-electron chi connectivity index (χ4n) is 1.05. The number of hydrogen-bond acceptors (Lipinski definition) is 4. The summed E-state index contributed by atoms with van der Waals surface area (Å²) in [5.41, 5.74) is 8.36. The zero-order valence-corrected chi connectivity index (χ0v) is 9.73. The van der Waals surface area contributed by atoms with Crippen LogP contribution in [0.1, 0.15) is 5.69 Å². The van der Waals surface area contributed by atoms with E-state index in [1.807, 2.05) is 16.0 Å². The van der Waals surface area contributed by atoms with Gasteiger partial charge in [-0.3, -0.25) is 9.83 Å². The average molecular weight is 260 g/mol. The minimum atomic E-state index is 0.105. The van der Waals surface area contributed by atoms with Gasteiger partial charge in [-0.05, 0) is 12.2 Å². The van der Waals surface area contributed by atoms with E-state index < -0.39 is 0 Å². The smallest absolute Gasteiger partial charge is 0.195 e. The number of rotatable bonds is 2. The molecule has 0 atom stereocenters. The zero-order valence-electron chi connectivity index (χ0n) is 7.35. The highest BCUT2D eigenvalue weighted by atomic mass is 35.5. The quantitative estimate of drug-likeness (QED) is 0.483. The number of hydrazone groups is 1. The number of fused-ring (bicyclic) bond motifs is 1. The van der Waals surface area contributed by atoms with Gasteiger partial charge >= 0.3 is 0 Å². The topological polar surface area (TPSA) is 67.7 Å². The highest BCUT2D eigenvalue weighted by molar-refractivity contribution is 7.80. The maximum absolute atomic E-state index is 5.92. The predicted molar refractivity (Wildman–Crippen MR) is 65.6 cm³/mol. The second-order valence-corrected chi connectivity index (χ2v) is 4.25. The molecular formula is C7H6ClN5S2. The van der Waals surface area contributed by atoms with E-state index in [9.17, 15) is 0 Å². The molecule has 2 heterocycles. The van der Waals surface area contributed by atoms with Crippen LogP contribution in [0.15, 0.2) is 16.7 Å². The van der Waals surface area contributed by atoms with Crippen molar-refractivity contribution in [2.45, 2.75) is 0 Å². The van der Waals surface area contributed by atoms with Crippen molar-refractivity contribution in [3.63, 3.8) is 0 Å². The molecule has 2 aromatic rings. The van der Waals surface area contributed by atoms with Crippen molar-refractivity contribution >= 4 is 51.4 Å². The molecule has 0 spiro atoms. The Morgan fingerprint density at radius 2 is 2.60 bits per heavy atom. The van der Waals surface area contributed by atoms with Crippen molar-refractivity contribution in [3.05, 3.63) is 22.4 Å². The summed E-state index contributed by atoms with van der Waals surface area (Å²) < 4.78 is 1.83. The maximum Gasteiger partial charge on any atom is 0.195 e. The van der Waals surface area contributed by atoms with E-state index in [0.29, 0.717) is 10.8 Å². The van der Waals surface area contributed by atoms with Crippen LogP contribution in [0.5, 0.6) is 0 Å². The third kappa shape index (κ3) is 2.09. The molecule has 0 aliphatic heterocycles. The first kappa shape index (κ1) is 10.3. The molecule has 0 aliphatic rings. The molecule has 8 heteroatoms. The van der Waals surface area contributed by atoms with E-state index in [2.05, 4.69) is 27.7 Å². The number of hydrogen-bond donors (Lipinski definition) is 2. The van der Waals surface area contributed by atoms with E-state index in [4.69, 9.17) is 17.3 Å². The first-order chi connectivity index (χ1) is 7.18. The van der Waals surface area contributed by atoms with E-state index in [1.165, 1.54) is 17.6 Å². The molecule has 0 aliphatic carbocycles. The molecular weight excluding hydrogens is 254 g/mol. The van der Waals surface area contributed by atoms with Gasteiger partial charge < -0.3 is 5.73 Å². The Balaban J connectivity index is 2.33. The van der Waals surface area contributed by atoms with E-state index in [0.717, 1.165) is 4.96 Å². The Bertz CT molecular complexity index is 528.